The summed E-state index contributed by atoms with van der Waals surface area (Å²) in [4.78, 5) is 12.5. The first-order valence-electron chi connectivity index (χ1n) is 7.94. The van der Waals surface area contributed by atoms with E-state index in [0.717, 1.165) is 16.3 Å². The second-order valence-electron chi connectivity index (χ2n) is 5.69. The van der Waals surface area contributed by atoms with Crippen LogP contribution in [0, 0.1) is 6.92 Å². The van der Waals surface area contributed by atoms with Crippen LogP contribution in [0.15, 0.2) is 65.8 Å². The van der Waals surface area contributed by atoms with Gasteiger partial charge in [0.15, 0.2) is 5.11 Å². The van der Waals surface area contributed by atoms with Crippen LogP contribution in [0.3, 0.4) is 0 Å². The number of hydrazone groups is 1. The molecule has 3 aromatic rings. The van der Waals surface area contributed by atoms with Crippen LogP contribution in [-0.2, 0) is 0 Å². The van der Waals surface area contributed by atoms with Gasteiger partial charge in [0.1, 0.15) is 5.75 Å². The maximum Gasteiger partial charge on any atom is 0.343 e. The Labute approximate surface area is 156 Å². The number of carbonyl (C=O) groups is 1. The smallest absolute Gasteiger partial charge is 0.343 e. The number of rotatable bonds is 4. The third-order valence-corrected chi connectivity index (χ3v) is 3.85. The summed E-state index contributed by atoms with van der Waals surface area (Å²) in [6.45, 7) is 1.92. The van der Waals surface area contributed by atoms with Crippen molar-refractivity contribution in [2.75, 3.05) is 0 Å². The second-order valence-corrected chi connectivity index (χ2v) is 6.13. The fourth-order valence-corrected chi connectivity index (χ4v) is 2.64. The number of nitrogens with one attached hydrogen (secondary N) is 1. The van der Waals surface area contributed by atoms with E-state index in [1.165, 1.54) is 0 Å². The molecule has 3 rings (SSSR count). The molecule has 0 atom stereocenters. The van der Waals surface area contributed by atoms with Crippen molar-refractivity contribution in [3.05, 3.63) is 77.4 Å². The number of hydrogen-bond acceptors (Lipinski definition) is 4. The summed E-state index contributed by atoms with van der Waals surface area (Å²) in [6, 6.07) is 18.6. The minimum atomic E-state index is -0.430. The molecule has 0 aliphatic carbocycles. The normalized spacial score (nSPS) is 10.8. The highest BCUT2D eigenvalue weighted by Crippen LogP contribution is 2.27. The summed E-state index contributed by atoms with van der Waals surface area (Å²) in [5.74, 6) is -0.0235. The quantitative estimate of drug-likeness (QED) is 0.244. The van der Waals surface area contributed by atoms with Crippen LogP contribution in [0.5, 0.6) is 5.75 Å². The molecule has 5 nitrogen and oxygen atoms in total. The molecule has 0 amide bonds. The topological polar surface area (TPSA) is 76.7 Å². The number of fused-ring (bicyclic) bond motifs is 1. The van der Waals surface area contributed by atoms with E-state index in [2.05, 4.69) is 10.5 Å². The first-order valence-corrected chi connectivity index (χ1v) is 8.34. The van der Waals surface area contributed by atoms with Gasteiger partial charge in [0.25, 0.3) is 0 Å². The maximum atomic E-state index is 12.5. The highest BCUT2D eigenvalue weighted by Gasteiger charge is 2.13. The number of ether oxygens (including phenoxy) is 1. The standard InChI is InChI=1S/C20H17N3O2S/c1-13-5-4-7-15(11-13)19(24)25-18-10-9-14-6-2-3-8-16(14)17(18)12-22-23-20(21)26/h2-12H,1H3,(H3,21,23,26). The molecule has 26 heavy (non-hydrogen) atoms. The lowest BCUT2D eigenvalue weighted by Crippen LogP contribution is -2.24. The molecule has 0 heterocycles. The van der Waals surface area contributed by atoms with E-state index in [-0.39, 0.29) is 5.11 Å². The third kappa shape index (κ3) is 4.04. The van der Waals surface area contributed by atoms with Gasteiger partial charge in [-0.2, -0.15) is 5.10 Å². The number of nitrogens with zero attached hydrogens (tertiary/aromatic N) is 1. The summed E-state index contributed by atoms with van der Waals surface area (Å²) < 4.78 is 5.63. The molecule has 3 aromatic carbocycles. The van der Waals surface area contributed by atoms with Gasteiger partial charge < -0.3 is 10.5 Å². The Morgan fingerprint density at radius 2 is 1.96 bits per heavy atom. The fourth-order valence-electron chi connectivity index (χ4n) is 2.59. The van der Waals surface area contributed by atoms with Crippen molar-refractivity contribution in [2.24, 2.45) is 10.8 Å². The number of esters is 1. The SMILES string of the molecule is Cc1cccc(C(=O)Oc2ccc3ccccc3c2C=NNC(N)=S)c1. The average molecular weight is 363 g/mol. The van der Waals surface area contributed by atoms with E-state index in [0.29, 0.717) is 16.9 Å². The minimum Gasteiger partial charge on any atom is -0.422 e. The van der Waals surface area contributed by atoms with Crippen molar-refractivity contribution >= 4 is 40.3 Å². The molecular formula is C20H17N3O2S. The van der Waals surface area contributed by atoms with Crippen LogP contribution in [-0.4, -0.2) is 17.3 Å². The minimum absolute atomic E-state index is 0.0554. The molecule has 0 saturated carbocycles. The van der Waals surface area contributed by atoms with Gasteiger partial charge in [0.05, 0.1) is 11.8 Å². The van der Waals surface area contributed by atoms with Crippen molar-refractivity contribution < 1.29 is 9.53 Å². The Hall–Kier alpha value is -3.25. The zero-order chi connectivity index (χ0) is 18.5. The van der Waals surface area contributed by atoms with Crippen LogP contribution in [0.2, 0.25) is 0 Å². The van der Waals surface area contributed by atoms with Crippen LogP contribution >= 0.6 is 12.2 Å². The van der Waals surface area contributed by atoms with E-state index in [9.17, 15) is 4.79 Å². The molecule has 0 unspecified atom stereocenters. The zero-order valence-electron chi connectivity index (χ0n) is 14.1. The lowest BCUT2D eigenvalue weighted by atomic mass is 10.0. The van der Waals surface area contributed by atoms with Crippen LogP contribution < -0.4 is 15.9 Å². The lowest BCUT2D eigenvalue weighted by molar-refractivity contribution is 0.0734. The Balaban J connectivity index is 2.00. The monoisotopic (exact) mass is 363 g/mol. The molecule has 0 aromatic heterocycles. The molecule has 0 radical (unpaired) electrons. The molecule has 0 aliphatic rings. The second kappa shape index (κ2) is 7.76. The van der Waals surface area contributed by atoms with Gasteiger partial charge in [0.2, 0.25) is 0 Å². The van der Waals surface area contributed by atoms with Crippen molar-refractivity contribution in [3.8, 4) is 5.75 Å². The molecular weight excluding hydrogens is 346 g/mol. The summed E-state index contributed by atoms with van der Waals surface area (Å²) in [6.07, 6.45) is 1.54. The van der Waals surface area contributed by atoms with Gasteiger partial charge in [-0.05, 0) is 48.1 Å². The van der Waals surface area contributed by atoms with Crippen molar-refractivity contribution in [3.63, 3.8) is 0 Å². The molecule has 130 valence electrons. The predicted octanol–water partition coefficient (Wildman–Crippen LogP) is 3.53. The average Bonchev–Trinajstić information content (AvgIpc) is 2.63. The molecule has 0 saturated heterocycles. The number of aryl methyl sites for hydroxylation is 1. The Bertz CT molecular complexity index is 1010. The number of hydrogen-bond donors (Lipinski definition) is 2. The molecule has 0 spiro atoms. The Kier molecular flexibility index (Phi) is 5.24. The zero-order valence-corrected chi connectivity index (χ0v) is 14.9. The van der Waals surface area contributed by atoms with Gasteiger partial charge in [-0.25, -0.2) is 4.79 Å². The molecule has 6 heteroatoms. The van der Waals surface area contributed by atoms with E-state index in [1.54, 1.807) is 24.4 Å². The van der Waals surface area contributed by atoms with Gasteiger partial charge in [-0.3, -0.25) is 5.43 Å². The van der Waals surface area contributed by atoms with Crippen LogP contribution in [0.25, 0.3) is 10.8 Å². The molecule has 3 N–H and O–H groups in total. The van der Waals surface area contributed by atoms with Crippen LogP contribution in [0.1, 0.15) is 21.5 Å². The van der Waals surface area contributed by atoms with Crippen molar-refractivity contribution in [2.45, 2.75) is 6.92 Å². The highest BCUT2D eigenvalue weighted by atomic mass is 32.1. The highest BCUT2D eigenvalue weighted by molar-refractivity contribution is 7.80. The van der Waals surface area contributed by atoms with Gasteiger partial charge in [-0.1, -0.05) is 48.0 Å². The van der Waals surface area contributed by atoms with E-state index >= 15 is 0 Å². The number of carbonyl (C=O) groups excluding carboxylic acids is 1. The molecule has 0 bridgehead atoms. The largest absolute Gasteiger partial charge is 0.422 e. The van der Waals surface area contributed by atoms with Crippen molar-refractivity contribution in [1.29, 1.82) is 0 Å². The lowest BCUT2D eigenvalue weighted by Gasteiger charge is -2.11. The molecule has 0 fully saturated rings. The Morgan fingerprint density at radius 3 is 2.73 bits per heavy atom. The number of thiocarbonyl (C=S) groups is 1. The third-order valence-electron chi connectivity index (χ3n) is 3.76. The Morgan fingerprint density at radius 1 is 1.15 bits per heavy atom. The van der Waals surface area contributed by atoms with Gasteiger partial charge >= 0.3 is 5.97 Å². The summed E-state index contributed by atoms with van der Waals surface area (Å²) in [5, 5.41) is 5.97. The van der Waals surface area contributed by atoms with E-state index < -0.39 is 5.97 Å². The fraction of sp³-hybridized carbons (Fsp3) is 0.0500. The van der Waals surface area contributed by atoms with Gasteiger partial charge in [0, 0.05) is 5.56 Å². The maximum absolute atomic E-state index is 12.5. The number of benzene rings is 3. The summed E-state index contributed by atoms with van der Waals surface area (Å²) in [5.41, 5.74) is 10.1. The predicted molar refractivity (Wildman–Crippen MR) is 108 cm³/mol. The number of nitrogens with two attached hydrogens (primary N) is 1. The first-order chi connectivity index (χ1) is 12.5. The van der Waals surface area contributed by atoms with E-state index in [4.69, 9.17) is 22.7 Å². The molecule has 0 aliphatic heterocycles. The summed E-state index contributed by atoms with van der Waals surface area (Å²) >= 11 is 4.75. The van der Waals surface area contributed by atoms with Crippen LogP contribution in [0.4, 0.5) is 0 Å². The first kappa shape index (κ1) is 17.6. The van der Waals surface area contributed by atoms with Crippen molar-refractivity contribution in [1.82, 2.24) is 5.43 Å². The summed E-state index contributed by atoms with van der Waals surface area (Å²) in [7, 11) is 0. The van der Waals surface area contributed by atoms with Gasteiger partial charge in [-0.15, -0.1) is 0 Å². The van der Waals surface area contributed by atoms with E-state index in [1.807, 2.05) is 49.4 Å².